The summed E-state index contributed by atoms with van der Waals surface area (Å²) in [6.07, 6.45) is 5.56. The van der Waals surface area contributed by atoms with Crippen LogP contribution in [0, 0.1) is 0 Å². The number of aromatic hydroxyl groups is 1. The number of phenolic OH excluding ortho intramolecular Hbond substituents is 1. The summed E-state index contributed by atoms with van der Waals surface area (Å²) < 4.78 is 0. The Hall–Kier alpha value is -1.42. The summed E-state index contributed by atoms with van der Waals surface area (Å²) in [5.74, 6) is 2.01. The molecule has 3 nitrogen and oxygen atoms in total. The van der Waals surface area contributed by atoms with E-state index in [2.05, 4.69) is 9.97 Å². The van der Waals surface area contributed by atoms with Gasteiger partial charge in [-0.25, -0.2) is 4.98 Å². The zero-order valence-electron chi connectivity index (χ0n) is 8.40. The molecule has 4 heteroatoms. The molecule has 78 valence electrons. The third kappa shape index (κ3) is 2.15. The summed E-state index contributed by atoms with van der Waals surface area (Å²) >= 11 is 1.72. The maximum absolute atomic E-state index is 9.42. The van der Waals surface area contributed by atoms with E-state index < -0.39 is 0 Å². The fourth-order valence-corrected chi connectivity index (χ4v) is 2.05. The van der Waals surface area contributed by atoms with Crippen LogP contribution in [0.4, 0.5) is 0 Å². The Labute approximate surface area is 92.6 Å². The highest BCUT2D eigenvalue weighted by Gasteiger charge is 2.07. The van der Waals surface area contributed by atoms with Crippen LogP contribution in [-0.2, 0) is 5.75 Å². The SMILES string of the molecule is CSCc1cc(O)ccc1-c1ncc[nH]1. The highest BCUT2D eigenvalue weighted by Crippen LogP contribution is 2.26. The van der Waals surface area contributed by atoms with E-state index in [1.165, 1.54) is 0 Å². The van der Waals surface area contributed by atoms with Crippen LogP contribution in [0.2, 0.25) is 0 Å². The molecule has 15 heavy (non-hydrogen) atoms. The minimum Gasteiger partial charge on any atom is -0.508 e. The zero-order valence-corrected chi connectivity index (χ0v) is 9.21. The number of hydrogen-bond donors (Lipinski definition) is 2. The van der Waals surface area contributed by atoms with Crippen molar-refractivity contribution in [2.24, 2.45) is 0 Å². The first-order chi connectivity index (χ1) is 7.31. The van der Waals surface area contributed by atoms with E-state index in [-0.39, 0.29) is 0 Å². The second-order valence-electron chi connectivity index (χ2n) is 3.21. The maximum Gasteiger partial charge on any atom is 0.137 e. The first-order valence-electron chi connectivity index (χ1n) is 4.62. The number of imidazole rings is 1. The van der Waals surface area contributed by atoms with Crippen molar-refractivity contribution in [1.29, 1.82) is 0 Å². The molecule has 0 aliphatic heterocycles. The first-order valence-corrected chi connectivity index (χ1v) is 6.01. The van der Waals surface area contributed by atoms with Gasteiger partial charge in [0.25, 0.3) is 0 Å². The van der Waals surface area contributed by atoms with Gasteiger partial charge in [0.2, 0.25) is 0 Å². The standard InChI is InChI=1S/C11H12N2OS/c1-15-7-8-6-9(14)2-3-10(8)11-12-4-5-13-11/h2-6,14H,7H2,1H3,(H,12,13). The summed E-state index contributed by atoms with van der Waals surface area (Å²) in [5, 5.41) is 9.42. The summed E-state index contributed by atoms with van der Waals surface area (Å²) in [7, 11) is 0. The molecule has 0 saturated heterocycles. The monoisotopic (exact) mass is 220 g/mol. The molecule has 2 rings (SSSR count). The molecule has 0 saturated carbocycles. The molecule has 0 bridgehead atoms. The van der Waals surface area contributed by atoms with Crippen LogP contribution in [0.15, 0.2) is 30.6 Å². The van der Waals surface area contributed by atoms with E-state index in [4.69, 9.17) is 0 Å². The molecular formula is C11H12N2OS. The van der Waals surface area contributed by atoms with Crippen molar-refractivity contribution in [2.45, 2.75) is 5.75 Å². The number of H-pyrrole nitrogens is 1. The molecule has 1 aromatic carbocycles. The van der Waals surface area contributed by atoms with Crippen LogP contribution in [0.25, 0.3) is 11.4 Å². The third-order valence-electron chi connectivity index (χ3n) is 2.14. The minimum atomic E-state index is 0.300. The van der Waals surface area contributed by atoms with Crippen molar-refractivity contribution in [2.75, 3.05) is 6.26 Å². The Bertz CT molecular complexity index is 440. The van der Waals surface area contributed by atoms with Gasteiger partial charge in [-0.15, -0.1) is 0 Å². The van der Waals surface area contributed by atoms with Gasteiger partial charge in [-0.3, -0.25) is 0 Å². The van der Waals surface area contributed by atoms with Crippen LogP contribution < -0.4 is 0 Å². The topological polar surface area (TPSA) is 48.9 Å². The van der Waals surface area contributed by atoms with E-state index in [9.17, 15) is 5.11 Å². The average Bonchev–Trinajstić information content (AvgIpc) is 2.71. The fraction of sp³-hybridized carbons (Fsp3) is 0.182. The molecule has 0 atom stereocenters. The molecule has 0 unspecified atom stereocenters. The molecule has 0 aliphatic rings. The van der Waals surface area contributed by atoms with Gasteiger partial charge in [-0.2, -0.15) is 11.8 Å². The Morgan fingerprint density at radius 1 is 1.47 bits per heavy atom. The number of thioether (sulfide) groups is 1. The summed E-state index contributed by atoms with van der Waals surface area (Å²) in [6.45, 7) is 0. The van der Waals surface area contributed by atoms with Crippen LogP contribution in [-0.4, -0.2) is 21.3 Å². The lowest BCUT2D eigenvalue weighted by Gasteiger charge is -2.06. The summed E-state index contributed by atoms with van der Waals surface area (Å²) in [4.78, 5) is 7.28. The fourth-order valence-electron chi connectivity index (χ4n) is 1.50. The van der Waals surface area contributed by atoms with Gasteiger partial charge in [-0.1, -0.05) is 0 Å². The van der Waals surface area contributed by atoms with Crippen LogP contribution >= 0.6 is 11.8 Å². The van der Waals surface area contributed by atoms with Gasteiger partial charge >= 0.3 is 0 Å². The highest BCUT2D eigenvalue weighted by molar-refractivity contribution is 7.97. The number of aromatic amines is 1. The Balaban J connectivity index is 2.46. The average molecular weight is 220 g/mol. The molecule has 1 aromatic heterocycles. The quantitative estimate of drug-likeness (QED) is 0.836. The number of rotatable bonds is 3. The predicted molar refractivity (Wildman–Crippen MR) is 62.9 cm³/mol. The first kappa shape index (κ1) is 10.1. The molecule has 0 aliphatic carbocycles. The molecular weight excluding hydrogens is 208 g/mol. The van der Waals surface area contributed by atoms with Crippen molar-refractivity contribution in [1.82, 2.24) is 9.97 Å². The van der Waals surface area contributed by atoms with Crippen LogP contribution in [0.1, 0.15) is 5.56 Å². The number of phenols is 1. The third-order valence-corrected chi connectivity index (χ3v) is 2.74. The highest BCUT2D eigenvalue weighted by atomic mass is 32.2. The van der Waals surface area contributed by atoms with Gasteiger partial charge in [0, 0.05) is 23.7 Å². The Morgan fingerprint density at radius 2 is 2.33 bits per heavy atom. The molecule has 1 heterocycles. The van der Waals surface area contributed by atoms with Gasteiger partial charge in [0.15, 0.2) is 0 Å². The number of nitrogens with one attached hydrogen (secondary N) is 1. The lowest BCUT2D eigenvalue weighted by atomic mass is 10.1. The van der Waals surface area contributed by atoms with Crippen LogP contribution in [0.3, 0.4) is 0 Å². The molecule has 2 N–H and O–H groups in total. The van der Waals surface area contributed by atoms with Crippen molar-refractivity contribution in [3.63, 3.8) is 0 Å². The molecule has 2 aromatic rings. The van der Waals surface area contributed by atoms with Gasteiger partial charge in [0.05, 0.1) is 0 Å². The van der Waals surface area contributed by atoms with E-state index >= 15 is 0 Å². The molecule has 0 fully saturated rings. The van der Waals surface area contributed by atoms with Gasteiger partial charge in [0.1, 0.15) is 11.6 Å². The van der Waals surface area contributed by atoms with E-state index in [1.54, 1.807) is 36.3 Å². The molecule has 0 radical (unpaired) electrons. The lowest BCUT2D eigenvalue weighted by molar-refractivity contribution is 0.475. The maximum atomic E-state index is 9.42. The van der Waals surface area contributed by atoms with Crippen molar-refractivity contribution >= 4 is 11.8 Å². The van der Waals surface area contributed by atoms with Crippen molar-refractivity contribution in [3.8, 4) is 17.1 Å². The smallest absolute Gasteiger partial charge is 0.137 e. The predicted octanol–water partition coefficient (Wildman–Crippen LogP) is 2.65. The minimum absolute atomic E-state index is 0.300. The largest absolute Gasteiger partial charge is 0.508 e. The summed E-state index contributed by atoms with van der Waals surface area (Å²) in [6, 6.07) is 5.36. The number of hydrogen-bond acceptors (Lipinski definition) is 3. The lowest BCUT2D eigenvalue weighted by Crippen LogP contribution is -1.89. The number of aromatic nitrogens is 2. The van der Waals surface area contributed by atoms with Crippen molar-refractivity contribution < 1.29 is 5.11 Å². The van der Waals surface area contributed by atoms with E-state index in [0.717, 1.165) is 22.7 Å². The number of nitrogens with zero attached hydrogens (tertiary/aromatic N) is 1. The normalized spacial score (nSPS) is 10.5. The molecule has 0 spiro atoms. The van der Waals surface area contributed by atoms with E-state index in [1.807, 2.05) is 12.3 Å². The van der Waals surface area contributed by atoms with Gasteiger partial charge < -0.3 is 10.1 Å². The Kier molecular flexibility index (Phi) is 2.97. The molecule has 0 amide bonds. The Morgan fingerprint density at radius 3 is 3.00 bits per heavy atom. The van der Waals surface area contributed by atoms with Gasteiger partial charge in [-0.05, 0) is 30.0 Å². The van der Waals surface area contributed by atoms with Crippen LogP contribution in [0.5, 0.6) is 5.75 Å². The van der Waals surface area contributed by atoms with Crippen molar-refractivity contribution in [3.05, 3.63) is 36.2 Å². The van der Waals surface area contributed by atoms with E-state index in [0.29, 0.717) is 5.75 Å². The summed E-state index contributed by atoms with van der Waals surface area (Å²) in [5.41, 5.74) is 2.14. The zero-order chi connectivity index (χ0) is 10.7. The second kappa shape index (κ2) is 4.40. The number of benzene rings is 1. The second-order valence-corrected chi connectivity index (χ2v) is 4.08.